The quantitative estimate of drug-likeness (QED) is 0.347. The van der Waals surface area contributed by atoms with Crippen LogP contribution in [0.2, 0.25) is 0 Å². The van der Waals surface area contributed by atoms with Gasteiger partial charge in [-0.3, -0.25) is 9.59 Å². The van der Waals surface area contributed by atoms with E-state index in [1.165, 1.54) is 6.07 Å². The van der Waals surface area contributed by atoms with Gasteiger partial charge in [0.25, 0.3) is 5.56 Å². The van der Waals surface area contributed by atoms with E-state index in [0.29, 0.717) is 47.6 Å². The molecular formula is C29H31FN6O3. The van der Waals surface area contributed by atoms with Crippen LogP contribution in [0.4, 0.5) is 10.2 Å². The van der Waals surface area contributed by atoms with Crippen molar-refractivity contribution in [3.8, 4) is 22.6 Å². The highest BCUT2D eigenvalue weighted by Crippen LogP contribution is 2.38. The molecule has 10 heteroatoms. The van der Waals surface area contributed by atoms with Crippen LogP contribution in [0.25, 0.3) is 22.0 Å². The topological polar surface area (TPSA) is 109 Å². The number of H-pyrrole nitrogens is 1. The number of fused-ring (bicyclic) bond motifs is 1. The van der Waals surface area contributed by atoms with Crippen molar-refractivity contribution in [2.24, 2.45) is 0 Å². The number of aromatic amines is 1. The molecule has 1 fully saturated rings. The number of piperidine rings is 1. The molecule has 5 rings (SSSR count). The largest absolute Gasteiger partial charge is 0.457 e. The predicted molar refractivity (Wildman–Crippen MR) is 149 cm³/mol. The normalized spacial score (nSPS) is 15.9. The number of anilines is 1. The lowest BCUT2D eigenvalue weighted by molar-refractivity contribution is -0.127. The molecule has 0 radical (unpaired) electrons. The van der Waals surface area contributed by atoms with Crippen LogP contribution in [-0.4, -0.2) is 64.2 Å². The van der Waals surface area contributed by atoms with E-state index in [1.807, 2.05) is 47.8 Å². The van der Waals surface area contributed by atoms with Gasteiger partial charge in [0.1, 0.15) is 22.8 Å². The van der Waals surface area contributed by atoms with E-state index in [1.54, 1.807) is 41.4 Å². The summed E-state index contributed by atoms with van der Waals surface area (Å²) < 4.78 is 23.1. The van der Waals surface area contributed by atoms with Gasteiger partial charge < -0.3 is 24.8 Å². The number of nitrogen functional groups attached to an aromatic ring is 1. The summed E-state index contributed by atoms with van der Waals surface area (Å²) in [5.74, 6) is 0.438. The number of amides is 1. The molecule has 9 nitrogen and oxygen atoms in total. The SMILES string of the molecule is CN(C)CC=CC(=O)N1CCC[C@@H](n2cc(-c3ccc(Oc4ccccc4)cc3F)c3c(N)n[nH]c(=O)c32)C1. The molecule has 1 atom stereocenters. The van der Waals surface area contributed by atoms with Crippen molar-refractivity contribution < 1.29 is 13.9 Å². The highest BCUT2D eigenvalue weighted by molar-refractivity contribution is 6.02. The summed E-state index contributed by atoms with van der Waals surface area (Å²) in [5.41, 5.74) is 6.84. The van der Waals surface area contributed by atoms with Crippen LogP contribution in [0, 0.1) is 5.82 Å². The molecule has 39 heavy (non-hydrogen) atoms. The molecule has 4 aromatic rings. The number of hydrogen-bond acceptors (Lipinski definition) is 6. The lowest BCUT2D eigenvalue weighted by atomic mass is 10.0. The maximum atomic E-state index is 15.5. The van der Waals surface area contributed by atoms with E-state index in [2.05, 4.69) is 10.2 Å². The number of likely N-dealkylation sites (tertiary alicyclic amines) is 1. The van der Waals surface area contributed by atoms with Gasteiger partial charge in [0.2, 0.25) is 5.91 Å². The number of hydrogen-bond donors (Lipinski definition) is 2. The number of aromatic nitrogens is 3. The van der Waals surface area contributed by atoms with Crippen molar-refractivity contribution in [2.75, 3.05) is 39.5 Å². The third-order valence-electron chi connectivity index (χ3n) is 6.82. The van der Waals surface area contributed by atoms with Crippen molar-refractivity contribution in [3.05, 3.63) is 83.1 Å². The number of carbonyl (C=O) groups is 1. The van der Waals surface area contributed by atoms with Gasteiger partial charge in [-0.2, -0.15) is 5.10 Å². The van der Waals surface area contributed by atoms with Crippen LogP contribution >= 0.6 is 0 Å². The molecule has 0 aliphatic carbocycles. The summed E-state index contributed by atoms with van der Waals surface area (Å²) >= 11 is 0. The fourth-order valence-electron chi connectivity index (χ4n) is 4.98. The summed E-state index contributed by atoms with van der Waals surface area (Å²) in [6.07, 6.45) is 6.69. The number of para-hydroxylation sites is 1. The molecule has 3 N–H and O–H groups in total. The first-order chi connectivity index (χ1) is 18.8. The Morgan fingerprint density at radius 3 is 2.74 bits per heavy atom. The van der Waals surface area contributed by atoms with Gasteiger partial charge in [-0.25, -0.2) is 9.49 Å². The molecule has 2 aromatic heterocycles. The second kappa shape index (κ2) is 11.1. The second-order valence-electron chi connectivity index (χ2n) is 9.91. The first kappa shape index (κ1) is 26.2. The predicted octanol–water partition coefficient (Wildman–Crippen LogP) is 4.19. The monoisotopic (exact) mass is 530 g/mol. The van der Waals surface area contributed by atoms with Crippen molar-refractivity contribution in [3.63, 3.8) is 0 Å². The van der Waals surface area contributed by atoms with Gasteiger partial charge in [0.05, 0.1) is 11.4 Å². The Hall–Kier alpha value is -4.44. The number of halogens is 1. The number of nitrogens with one attached hydrogen (secondary N) is 1. The molecule has 1 saturated heterocycles. The first-order valence-electron chi connectivity index (χ1n) is 12.8. The number of likely N-dealkylation sites (N-methyl/N-ethyl adjacent to an activating group) is 1. The van der Waals surface area contributed by atoms with E-state index >= 15 is 4.39 Å². The Morgan fingerprint density at radius 1 is 1.21 bits per heavy atom. The Kier molecular flexibility index (Phi) is 7.47. The number of benzene rings is 2. The minimum Gasteiger partial charge on any atom is -0.457 e. The second-order valence-corrected chi connectivity index (χ2v) is 9.91. The minimum atomic E-state index is -0.520. The Labute approximate surface area is 225 Å². The molecule has 0 spiro atoms. The van der Waals surface area contributed by atoms with Crippen molar-refractivity contribution in [2.45, 2.75) is 18.9 Å². The number of ether oxygens (including phenoxy) is 1. The van der Waals surface area contributed by atoms with Gasteiger partial charge in [-0.15, -0.1) is 0 Å². The summed E-state index contributed by atoms with van der Waals surface area (Å²) in [4.78, 5) is 29.6. The first-order valence-corrected chi connectivity index (χ1v) is 12.8. The van der Waals surface area contributed by atoms with E-state index < -0.39 is 11.4 Å². The van der Waals surface area contributed by atoms with Crippen molar-refractivity contribution in [1.82, 2.24) is 24.6 Å². The number of carbonyl (C=O) groups excluding carboxylic acids is 1. The van der Waals surface area contributed by atoms with Gasteiger partial charge in [0.15, 0.2) is 5.82 Å². The molecule has 1 aliphatic rings. The van der Waals surface area contributed by atoms with Crippen molar-refractivity contribution >= 4 is 22.6 Å². The summed E-state index contributed by atoms with van der Waals surface area (Å²) in [7, 11) is 3.87. The maximum Gasteiger partial charge on any atom is 0.288 e. The average Bonchev–Trinajstić information content (AvgIpc) is 3.33. The van der Waals surface area contributed by atoms with Gasteiger partial charge >= 0.3 is 0 Å². The smallest absolute Gasteiger partial charge is 0.288 e. The molecule has 0 saturated carbocycles. The Balaban J connectivity index is 1.50. The zero-order valence-corrected chi connectivity index (χ0v) is 21.9. The van der Waals surface area contributed by atoms with Crippen molar-refractivity contribution in [1.29, 1.82) is 0 Å². The molecule has 0 bridgehead atoms. The highest BCUT2D eigenvalue weighted by Gasteiger charge is 2.28. The molecular weight excluding hydrogens is 499 g/mol. The molecule has 1 aliphatic heterocycles. The van der Waals surface area contributed by atoms with Gasteiger partial charge in [-0.1, -0.05) is 24.3 Å². The Bertz CT molecular complexity index is 1580. The maximum absolute atomic E-state index is 15.5. The summed E-state index contributed by atoms with van der Waals surface area (Å²) in [6.45, 7) is 1.71. The van der Waals surface area contributed by atoms with E-state index in [-0.39, 0.29) is 23.3 Å². The van der Waals surface area contributed by atoms with E-state index in [4.69, 9.17) is 10.5 Å². The van der Waals surface area contributed by atoms with Gasteiger partial charge in [0, 0.05) is 49.1 Å². The summed E-state index contributed by atoms with van der Waals surface area (Å²) in [5, 5.41) is 6.78. The summed E-state index contributed by atoms with van der Waals surface area (Å²) in [6, 6.07) is 13.5. The van der Waals surface area contributed by atoms with E-state index in [0.717, 1.165) is 12.8 Å². The van der Waals surface area contributed by atoms with Crippen LogP contribution in [-0.2, 0) is 4.79 Å². The van der Waals surface area contributed by atoms with Crippen LogP contribution < -0.4 is 16.0 Å². The van der Waals surface area contributed by atoms with Gasteiger partial charge in [-0.05, 0) is 51.2 Å². The van der Waals surface area contributed by atoms with Crippen LogP contribution in [0.15, 0.2) is 71.7 Å². The fourth-order valence-corrected chi connectivity index (χ4v) is 4.98. The average molecular weight is 531 g/mol. The lowest BCUT2D eigenvalue weighted by Crippen LogP contribution is -2.40. The zero-order valence-electron chi connectivity index (χ0n) is 21.9. The van der Waals surface area contributed by atoms with Crippen LogP contribution in [0.5, 0.6) is 11.5 Å². The third kappa shape index (κ3) is 5.56. The Morgan fingerprint density at radius 2 is 2.00 bits per heavy atom. The third-order valence-corrected chi connectivity index (χ3v) is 6.82. The highest BCUT2D eigenvalue weighted by atomic mass is 19.1. The number of nitrogens with zero attached hydrogens (tertiary/aromatic N) is 4. The molecule has 1 amide bonds. The molecule has 202 valence electrons. The molecule has 0 unspecified atom stereocenters. The number of rotatable bonds is 7. The van der Waals surface area contributed by atoms with Crippen LogP contribution in [0.1, 0.15) is 18.9 Å². The fraction of sp³-hybridized carbons (Fsp3) is 0.276. The number of nitrogens with two attached hydrogens (primary N) is 1. The van der Waals surface area contributed by atoms with Crippen LogP contribution in [0.3, 0.4) is 0 Å². The zero-order chi connectivity index (χ0) is 27.5. The lowest BCUT2D eigenvalue weighted by Gasteiger charge is -2.33. The molecule has 2 aromatic carbocycles. The molecule has 3 heterocycles. The standard InChI is InChI=1S/C29H31FN6O3/c1-34(2)14-7-11-25(37)35-15-6-8-19(17-35)36-18-23(26-27(36)29(38)33-32-28(26)31)22-13-12-21(16-24(22)30)39-20-9-4-3-5-10-20/h3-5,7,9-13,16,18-19H,6,8,14-15,17H2,1-2H3,(H2,31,32)(H,33,38)/t19-/m1/s1. The van der Waals surface area contributed by atoms with E-state index in [9.17, 15) is 9.59 Å². The minimum absolute atomic E-state index is 0.0756.